The van der Waals surface area contributed by atoms with Crippen molar-refractivity contribution in [3.05, 3.63) is 60.7 Å². The fourth-order valence-corrected chi connectivity index (χ4v) is 1.85. The van der Waals surface area contributed by atoms with Gasteiger partial charge >= 0.3 is 0 Å². The quantitative estimate of drug-likeness (QED) is 0.806. The monoisotopic (exact) mass is 270 g/mol. The molecular weight excluding hydrogens is 252 g/mol. The lowest BCUT2D eigenvalue weighted by molar-refractivity contribution is -0.131. The molecule has 3 heteroatoms. The van der Waals surface area contributed by atoms with Gasteiger partial charge in [-0.05, 0) is 38.1 Å². The van der Waals surface area contributed by atoms with E-state index in [1.807, 2.05) is 60.7 Å². The topological polar surface area (TPSA) is 35.5 Å². The van der Waals surface area contributed by atoms with Gasteiger partial charge in [0, 0.05) is 0 Å². The lowest BCUT2D eigenvalue weighted by atomic mass is 10.1. The van der Waals surface area contributed by atoms with Crippen molar-refractivity contribution in [2.24, 2.45) is 0 Å². The van der Waals surface area contributed by atoms with Gasteiger partial charge in [-0.25, -0.2) is 0 Å². The summed E-state index contributed by atoms with van der Waals surface area (Å²) in [6.45, 7) is 3.47. The minimum Gasteiger partial charge on any atom is -0.483 e. The number of hydrogen-bond donors (Lipinski definition) is 0. The van der Waals surface area contributed by atoms with Crippen LogP contribution in [0.5, 0.6) is 11.5 Å². The van der Waals surface area contributed by atoms with Gasteiger partial charge in [-0.2, -0.15) is 0 Å². The molecule has 0 spiro atoms. The Morgan fingerprint density at radius 3 is 1.45 bits per heavy atom. The zero-order valence-corrected chi connectivity index (χ0v) is 11.7. The number of carbonyl (C=O) groups is 1. The van der Waals surface area contributed by atoms with Gasteiger partial charge in [0.2, 0.25) is 5.78 Å². The molecule has 0 aromatic heterocycles. The highest BCUT2D eigenvalue weighted by Gasteiger charge is 2.23. The molecule has 0 N–H and O–H groups in total. The lowest BCUT2D eigenvalue weighted by Crippen LogP contribution is -2.35. The lowest BCUT2D eigenvalue weighted by Gasteiger charge is -2.19. The molecule has 0 fully saturated rings. The number of carbonyl (C=O) groups excluding carboxylic acids is 1. The molecule has 2 atom stereocenters. The van der Waals surface area contributed by atoms with Gasteiger partial charge in [0.05, 0.1) is 0 Å². The third-order valence-corrected chi connectivity index (χ3v) is 2.91. The minimum absolute atomic E-state index is 0.0855. The van der Waals surface area contributed by atoms with Crippen LogP contribution in [0.2, 0.25) is 0 Å². The van der Waals surface area contributed by atoms with Crippen LogP contribution in [-0.4, -0.2) is 18.0 Å². The maximum absolute atomic E-state index is 12.2. The zero-order chi connectivity index (χ0) is 14.4. The molecule has 0 radical (unpaired) electrons. The first-order valence-electron chi connectivity index (χ1n) is 6.64. The van der Waals surface area contributed by atoms with Crippen molar-refractivity contribution in [2.45, 2.75) is 26.1 Å². The largest absolute Gasteiger partial charge is 0.483 e. The Morgan fingerprint density at radius 2 is 1.10 bits per heavy atom. The number of benzene rings is 2. The molecule has 0 bridgehead atoms. The molecule has 0 heterocycles. The minimum atomic E-state index is -0.545. The standard InChI is InChI=1S/C17H18O3/c1-13(19-15-9-5-3-6-10-15)17(18)14(2)20-16-11-7-4-8-12-16/h3-14H,1-2H3. The Hall–Kier alpha value is -2.29. The Labute approximate surface area is 119 Å². The van der Waals surface area contributed by atoms with Crippen LogP contribution in [0.1, 0.15) is 13.8 Å². The fraction of sp³-hybridized carbons (Fsp3) is 0.235. The van der Waals surface area contributed by atoms with Gasteiger partial charge in [0.15, 0.2) is 12.2 Å². The van der Waals surface area contributed by atoms with E-state index >= 15 is 0 Å². The Bertz CT molecular complexity index is 487. The van der Waals surface area contributed by atoms with Crippen molar-refractivity contribution in [3.8, 4) is 11.5 Å². The van der Waals surface area contributed by atoms with Crippen LogP contribution in [-0.2, 0) is 4.79 Å². The van der Waals surface area contributed by atoms with Crippen LogP contribution >= 0.6 is 0 Å². The second-order valence-electron chi connectivity index (χ2n) is 4.55. The first-order chi connectivity index (χ1) is 9.66. The maximum Gasteiger partial charge on any atom is 0.212 e. The molecule has 104 valence electrons. The number of rotatable bonds is 6. The van der Waals surface area contributed by atoms with Crippen molar-refractivity contribution < 1.29 is 14.3 Å². The van der Waals surface area contributed by atoms with E-state index in [1.165, 1.54) is 0 Å². The van der Waals surface area contributed by atoms with Crippen molar-refractivity contribution >= 4 is 5.78 Å². The van der Waals surface area contributed by atoms with E-state index < -0.39 is 12.2 Å². The van der Waals surface area contributed by atoms with Crippen LogP contribution in [0, 0.1) is 0 Å². The molecule has 0 amide bonds. The molecule has 0 aliphatic carbocycles. The van der Waals surface area contributed by atoms with Gasteiger partial charge < -0.3 is 9.47 Å². The van der Waals surface area contributed by atoms with E-state index in [1.54, 1.807) is 13.8 Å². The van der Waals surface area contributed by atoms with Gasteiger partial charge in [-0.1, -0.05) is 36.4 Å². The van der Waals surface area contributed by atoms with E-state index in [-0.39, 0.29) is 5.78 Å². The van der Waals surface area contributed by atoms with E-state index in [0.29, 0.717) is 11.5 Å². The van der Waals surface area contributed by atoms with E-state index in [9.17, 15) is 4.79 Å². The van der Waals surface area contributed by atoms with Crippen LogP contribution in [0.25, 0.3) is 0 Å². The third kappa shape index (κ3) is 3.85. The second-order valence-corrected chi connectivity index (χ2v) is 4.55. The van der Waals surface area contributed by atoms with E-state index in [2.05, 4.69) is 0 Å². The van der Waals surface area contributed by atoms with Crippen molar-refractivity contribution in [1.82, 2.24) is 0 Å². The number of hydrogen-bond acceptors (Lipinski definition) is 3. The Morgan fingerprint density at radius 1 is 0.750 bits per heavy atom. The molecular formula is C17H18O3. The maximum atomic E-state index is 12.2. The molecule has 0 saturated carbocycles. The highest BCUT2D eigenvalue weighted by Crippen LogP contribution is 2.15. The Kier molecular flexibility index (Phi) is 4.77. The van der Waals surface area contributed by atoms with Gasteiger partial charge in [0.25, 0.3) is 0 Å². The summed E-state index contributed by atoms with van der Waals surface area (Å²) < 4.78 is 11.2. The molecule has 0 aliphatic rings. The van der Waals surface area contributed by atoms with Crippen molar-refractivity contribution in [2.75, 3.05) is 0 Å². The summed E-state index contributed by atoms with van der Waals surface area (Å²) in [5, 5.41) is 0. The highest BCUT2D eigenvalue weighted by atomic mass is 16.5. The average molecular weight is 270 g/mol. The first kappa shape index (κ1) is 14.1. The summed E-state index contributed by atoms with van der Waals surface area (Å²) in [6.07, 6.45) is -1.09. The molecule has 0 saturated heterocycles. The predicted octanol–water partition coefficient (Wildman–Crippen LogP) is 3.49. The van der Waals surface area contributed by atoms with Crippen LogP contribution < -0.4 is 9.47 Å². The Balaban J connectivity index is 1.93. The fourth-order valence-electron chi connectivity index (χ4n) is 1.85. The summed E-state index contributed by atoms with van der Waals surface area (Å²) in [4.78, 5) is 12.2. The number of Topliss-reactive ketones (excluding diaryl/α,β-unsaturated/α-hetero) is 1. The average Bonchev–Trinajstić information content (AvgIpc) is 2.48. The summed E-state index contributed by atoms with van der Waals surface area (Å²) in [5.74, 6) is 1.28. The van der Waals surface area contributed by atoms with Gasteiger partial charge in [-0.15, -0.1) is 0 Å². The van der Waals surface area contributed by atoms with Crippen molar-refractivity contribution in [1.29, 1.82) is 0 Å². The summed E-state index contributed by atoms with van der Waals surface area (Å²) in [6, 6.07) is 18.6. The summed E-state index contributed by atoms with van der Waals surface area (Å²) in [5.41, 5.74) is 0. The number of para-hydroxylation sites is 2. The molecule has 3 nitrogen and oxygen atoms in total. The number of ether oxygens (including phenoxy) is 2. The number of ketones is 1. The first-order valence-corrected chi connectivity index (χ1v) is 6.64. The molecule has 0 aliphatic heterocycles. The summed E-state index contributed by atoms with van der Waals surface area (Å²) in [7, 11) is 0. The second kappa shape index (κ2) is 6.75. The molecule has 2 aromatic carbocycles. The van der Waals surface area contributed by atoms with Crippen LogP contribution in [0.15, 0.2) is 60.7 Å². The van der Waals surface area contributed by atoms with Gasteiger partial charge in [-0.3, -0.25) is 4.79 Å². The predicted molar refractivity (Wildman–Crippen MR) is 78.1 cm³/mol. The molecule has 20 heavy (non-hydrogen) atoms. The summed E-state index contributed by atoms with van der Waals surface area (Å²) >= 11 is 0. The van der Waals surface area contributed by atoms with Crippen LogP contribution in [0.3, 0.4) is 0 Å². The molecule has 2 aromatic rings. The molecule has 2 rings (SSSR count). The molecule has 2 unspecified atom stereocenters. The van der Waals surface area contributed by atoms with Gasteiger partial charge in [0.1, 0.15) is 11.5 Å². The van der Waals surface area contributed by atoms with Crippen molar-refractivity contribution in [3.63, 3.8) is 0 Å². The third-order valence-electron chi connectivity index (χ3n) is 2.91. The van der Waals surface area contributed by atoms with E-state index in [0.717, 1.165) is 0 Å². The zero-order valence-electron chi connectivity index (χ0n) is 11.7. The SMILES string of the molecule is CC(Oc1ccccc1)C(=O)C(C)Oc1ccccc1. The normalized spacial score (nSPS) is 13.3. The van der Waals surface area contributed by atoms with Crippen LogP contribution in [0.4, 0.5) is 0 Å². The smallest absolute Gasteiger partial charge is 0.212 e. The highest BCUT2D eigenvalue weighted by molar-refractivity contribution is 5.87. The van der Waals surface area contributed by atoms with E-state index in [4.69, 9.17) is 9.47 Å².